The third-order valence-electron chi connectivity index (χ3n) is 8.47. The average Bonchev–Trinajstić information content (AvgIpc) is 3.23. The number of carboxylic acid groups (broad SMARTS) is 1. The third kappa shape index (κ3) is 6.23. The van der Waals surface area contributed by atoms with Gasteiger partial charge in [-0.05, 0) is 59.9 Å². The summed E-state index contributed by atoms with van der Waals surface area (Å²) in [7, 11) is 9.06. The van der Waals surface area contributed by atoms with Gasteiger partial charge in [0.25, 0.3) is 0 Å². The Bertz CT molecular complexity index is 1680. The van der Waals surface area contributed by atoms with Crippen LogP contribution in [-0.4, -0.2) is 65.4 Å². The summed E-state index contributed by atoms with van der Waals surface area (Å²) in [6.45, 7) is 0. The summed E-state index contributed by atoms with van der Waals surface area (Å²) in [5.41, 5.74) is 3.43. The van der Waals surface area contributed by atoms with E-state index in [4.69, 9.17) is 28.4 Å². The molecule has 1 aliphatic carbocycles. The van der Waals surface area contributed by atoms with Crippen molar-refractivity contribution < 1.29 is 47.9 Å². The standard InChI is InChI=1S/C35H38N2O10/c1-42-26-15-20(16-27(43-2)34(26)46-5)19-13-23-32(25(38)14-19)33(21-17-28(44-3)35(47-6)29(18-21)45-4)37(30(39)11-12-31(40)41)24-10-8-7-9-22(24)36-23/h7-10,15-19,33,36H,11-14H2,1-6H3,(H,40,41)/t19-,33+/m1/s1. The number of ketones is 1. The largest absolute Gasteiger partial charge is 0.493 e. The van der Waals surface area contributed by atoms with E-state index in [1.54, 1.807) is 24.3 Å². The molecule has 12 nitrogen and oxygen atoms in total. The number of rotatable bonds is 11. The minimum absolute atomic E-state index is 0.119. The molecule has 0 bridgehead atoms. The number of methoxy groups -OCH3 is 6. The number of aliphatic carboxylic acids is 1. The van der Waals surface area contributed by atoms with E-state index < -0.39 is 17.9 Å². The summed E-state index contributed by atoms with van der Waals surface area (Å²) in [6.07, 6.45) is -0.134. The lowest BCUT2D eigenvalue weighted by Gasteiger charge is -2.35. The fraction of sp³-hybridized carbons (Fsp3) is 0.343. The quantitative estimate of drug-likeness (QED) is 0.273. The molecule has 1 heterocycles. The number of Topliss-reactive ketones (excluding diaryl/α,β-unsaturated/α-hetero) is 1. The minimum atomic E-state index is -1.11. The number of carbonyl (C=O) groups excluding carboxylic acids is 2. The van der Waals surface area contributed by atoms with Gasteiger partial charge in [0, 0.05) is 24.1 Å². The summed E-state index contributed by atoms with van der Waals surface area (Å²) in [4.78, 5) is 41.6. The SMILES string of the molecule is COc1cc([C@H]2CC(=O)C3=C(C2)Nc2ccccc2N(C(=O)CCC(=O)O)[C@H]3c2cc(OC)c(OC)c(OC)c2)cc(OC)c1OC. The molecular weight excluding hydrogens is 608 g/mol. The van der Waals surface area contributed by atoms with Crippen LogP contribution in [-0.2, 0) is 14.4 Å². The number of nitrogens with one attached hydrogen (secondary N) is 1. The Morgan fingerprint density at radius 2 is 1.30 bits per heavy atom. The second-order valence-electron chi connectivity index (χ2n) is 11.0. The summed E-state index contributed by atoms with van der Waals surface area (Å²) in [5, 5.41) is 12.9. The van der Waals surface area contributed by atoms with Gasteiger partial charge in [-0.3, -0.25) is 19.3 Å². The maximum Gasteiger partial charge on any atom is 0.303 e. The number of nitrogens with zero attached hydrogens (tertiary/aromatic N) is 1. The lowest BCUT2D eigenvalue weighted by Crippen LogP contribution is -2.38. The van der Waals surface area contributed by atoms with E-state index in [-0.39, 0.29) is 31.0 Å². The molecular formula is C35H38N2O10. The average molecular weight is 647 g/mol. The Morgan fingerprint density at radius 3 is 1.81 bits per heavy atom. The Labute approximate surface area is 272 Å². The fourth-order valence-electron chi connectivity index (χ4n) is 6.35. The number of amides is 1. The number of ether oxygens (including phenoxy) is 6. The molecule has 248 valence electrons. The van der Waals surface area contributed by atoms with Gasteiger partial charge in [-0.25, -0.2) is 0 Å². The van der Waals surface area contributed by atoms with E-state index in [9.17, 15) is 19.5 Å². The normalized spacial score (nSPS) is 17.1. The van der Waals surface area contributed by atoms with Crippen LogP contribution >= 0.6 is 0 Å². The molecule has 1 amide bonds. The third-order valence-corrected chi connectivity index (χ3v) is 8.47. The van der Waals surface area contributed by atoms with Crippen LogP contribution in [0.2, 0.25) is 0 Å². The van der Waals surface area contributed by atoms with Crippen molar-refractivity contribution in [2.24, 2.45) is 0 Å². The van der Waals surface area contributed by atoms with Gasteiger partial charge in [-0.15, -0.1) is 0 Å². The number of fused-ring (bicyclic) bond motifs is 1. The van der Waals surface area contributed by atoms with Crippen molar-refractivity contribution in [3.8, 4) is 34.5 Å². The molecule has 12 heteroatoms. The zero-order chi connectivity index (χ0) is 33.8. The molecule has 3 aromatic carbocycles. The zero-order valence-corrected chi connectivity index (χ0v) is 27.2. The van der Waals surface area contributed by atoms with E-state index in [1.807, 2.05) is 24.3 Å². The fourth-order valence-corrected chi connectivity index (χ4v) is 6.35. The van der Waals surface area contributed by atoms with Crippen LogP contribution in [0.1, 0.15) is 48.8 Å². The van der Waals surface area contributed by atoms with Gasteiger partial charge >= 0.3 is 5.97 Å². The second-order valence-corrected chi connectivity index (χ2v) is 11.0. The molecule has 47 heavy (non-hydrogen) atoms. The van der Waals surface area contributed by atoms with Gasteiger partial charge in [-0.2, -0.15) is 0 Å². The Morgan fingerprint density at radius 1 is 0.766 bits per heavy atom. The molecule has 0 spiro atoms. The molecule has 2 atom stereocenters. The highest BCUT2D eigenvalue weighted by atomic mass is 16.5. The summed E-state index contributed by atoms with van der Waals surface area (Å²) < 4.78 is 33.5. The van der Waals surface area contributed by atoms with Gasteiger partial charge in [0.15, 0.2) is 28.8 Å². The van der Waals surface area contributed by atoms with Gasteiger partial charge in [-0.1, -0.05) is 12.1 Å². The lowest BCUT2D eigenvalue weighted by atomic mass is 9.78. The Hall–Kier alpha value is -5.39. The van der Waals surface area contributed by atoms with Gasteiger partial charge < -0.3 is 38.8 Å². The molecule has 0 unspecified atom stereocenters. The maximum absolute atomic E-state index is 14.5. The highest BCUT2D eigenvalue weighted by Crippen LogP contribution is 2.51. The molecule has 2 aliphatic rings. The van der Waals surface area contributed by atoms with E-state index >= 15 is 0 Å². The molecule has 2 N–H and O–H groups in total. The van der Waals surface area contributed by atoms with Crippen molar-refractivity contribution in [1.29, 1.82) is 0 Å². The summed E-state index contributed by atoms with van der Waals surface area (Å²) in [6, 6.07) is 13.4. The minimum Gasteiger partial charge on any atom is -0.493 e. The molecule has 3 aromatic rings. The number of carboxylic acids is 1. The van der Waals surface area contributed by atoms with Crippen LogP contribution in [0.3, 0.4) is 0 Å². The van der Waals surface area contributed by atoms with Crippen LogP contribution in [0.4, 0.5) is 11.4 Å². The van der Waals surface area contributed by atoms with E-state index in [1.165, 1.54) is 47.6 Å². The van der Waals surface area contributed by atoms with E-state index in [0.29, 0.717) is 69.1 Å². The molecule has 0 saturated carbocycles. The number of carbonyl (C=O) groups is 3. The van der Waals surface area contributed by atoms with Crippen LogP contribution in [0.15, 0.2) is 59.8 Å². The Balaban J connectivity index is 1.74. The number of hydrogen-bond acceptors (Lipinski definition) is 10. The number of anilines is 2. The first-order valence-electron chi connectivity index (χ1n) is 14.9. The first-order chi connectivity index (χ1) is 22.7. The zero-order valence-electron chi connectivity index (χ0n) is 27.2. The number of allylic oxidation sites excluding steroid dienone is 1. The van der Waals surface area contributed by atoms with Gasteiger partial charge in [0.05, 0.1) is 66.5 Å². The van der Waals surface area contributed by atoms with E-state index in [2.05, 4.69) is 5.32 Å². The maximum atomic E-state index is 14.5. The van der Waals surface area contributed by atoms with Crippen molar-refractivity contribution in [1.82, 2.24) is 0 Å². The number of hydrogen-bond donors (Lipinski definition) is 2. The summed E-state index contributed by atoms with van der Waals surface area (Å²) >= 11 is 0. The highest BCUT2D eigenvalue weighted by Gasteiger charge is 2.42. The van der Waals surface area contributed by atoms with Crippen molar-refractivity contribution in [3.05, 3.63) is 70.9 Å². The topological polar surface area (TPSA) is 142 Å². The molecule has 0 fully saturated rings. The highest BCUT2D eigenvalue weighted by molar-refractivity contribution is 6.07. The van der Waals surface area contributed by atoms with Crippen LogP contribution < -0.4 is 38.6 Å². The molecule has 0 aromatic heterocycles. The molecule has 5 rings (SSSR count). The van der Waals surface area contributed by atoms with Gasteiger partial charge in [0.2, 0.25) is 17.4 Å². The molecule has 0 saturated heterocycles. The van der Waals surface area contributed by atoms with Crippen molar-refractivity contribution in [2.45, 2.75) is 37.6 Å². The first kappa shape index (κ1) is 33.0. The number of para-hydroxylation sites is 2. The van der Waals surface area contributed by atoms with Crippen LogP contribution in [0, 0.1) is 0 Å². The van der Waals surface area contributed by atoms with E-state index in [0.717, 1.165) is 5.56 Å². The second kappa shape index (κ2) is 13.9. The first-order valence-corrected chi connectivity index (χ1v) is 14.9. The van der Waals surface area contributed by atoms with Crippen molar-refractivity contribution in [3.63, 3.8) is 0 Å². The van der Waals surface area contributed by atoms with Crippen molar-refractivity contribution in [2.75, 3.05) is 52.9 Å². The van der Waals surface area contributed by atoms with Crippen LogP contribution in [0.25, 0.3) is 0 Å². The predicted octanol–water partition coefficient (Wildman–Crippen LogP) is 5.50. The molecule has 1 aliphatic heterocycles. The Kier molecular flexibility index (Phi) is 9.78. The lowest BCUT2D eigenvalue weighted by molar-refractivity contribution is -0.138. The van der Waals surface area contributed by atoms with Gasteiger partial charge in [0.1, 0.15) is 0 Å². The molecule has 0 radical (unpaired) electrons. The predicted molar refractivity (Wildman–Crippen MR) is 173 cm³/mol. The smallest absolute Gasteiger partial charge is 0.303 e. The van der Waals surface area contributed by atoms with Crippen LogP contribution in [0.5, 0.6) is 34.5 Å². The number of benzene rings is 3. The monoisotopic (exact) mass is 646 g/mol. The van der Waals surface area contributed by atoms with Crippen molar-refractivity contribution >= 4 is 29.0 Å². The summed E-state index contributed by atoms with van der Waals surface area (Å²) in [5.74, 6) is 0.375.